The van der Waals surface area contributed by atoms with Gasteiger partial charge < -0.3 is 0 Å². The molecule has 0 aliphatic heterocycles. The number of hydrogen-bond donors (Lipinski definition) is 0. The molecule has 0 bridgehead atoms. The van der Waals surface area contributed by atoms with Gasteiger partial charge in [0.2, 0.25) is 0 Å². The summed E-state index contributed by atoms with van der Waals surface area (Å²) >= 11 is 0. The number of rotatable bonds is 4. The predicted molar refractivity (Wildman–Crippen MR) is 49.3 cm³/mol. The van der Waals surface area contributed by atoms with E-state index in [9.17, 15) is 8.42 Å². The van der Waals surface area contributed by atoms with Crippen LogP contribution >= 0.6 is 10.7 Å². The van der Waals surface area contributed by atoms with Crippen LogP contribution in [0, 0.1) is 5.92 Å². The van der Waals surface area contributed by atoms with Gasteiger partial charge in [0, 0.05) is 23.3 Å². The molecule has 72 valence electrons. The smallest absolute Gasteiger partial charge is 0.195 e. The Morgan fingerprint density at radius 3 is 2.25 bits per heavy atom. The van der Waals surface area contributed by atoms with E-state index in [1.54, 1.807) is 0 Å². The van der Waals surface area contributed by atoms with Crippen LogP contribution in [0.3, 0.4) is 0 Å². The minimum absolute atomic E-state index is 0.176. The van der Waals surface area contributed by atoms with E-state index in [1.807, 2.05) is 13.8 Å². The monoisotopic (exact) mass is 211 g/mol. The standard InChI is InChI=1S/C7H14ClNO2S/c1-6(2)5-9(7-3-4-7)12(8,10)11/h6-7H,3-5H2,1-2H3. The van der Waals surface area contributed by atoms with Crippen molar-refractivity contribution in [3.63, 3.8) is 0 Å². The largest absolute Gasteiger partial charge is 0.300 e. The zero-order valence-corrected chi connectivity index (χ0v) is 8.90. The van der Waals surface area contributed by atoms with Crippen LogP contribution in [0.2, 0.25) is 0 Å². The molecule has 0 radical (unpaired) electrons. The van der Waals surface area contributed by atoms with E-state index in [4.69, 9.17) is 10.7 Å². The van der Waals surface area contributed by atoms with Crippen molar-refractivity contribution in [1.29, 1.82) is 0 Å². The molecule has 0 aromatic carbocycles. The first kappa shape index (κ1) is 10.3. The van der Waals surface area contributed by atoms with Gasteiger partial charge >= 0.3 is 0 Å². The first-order valence-corrected chi connectivity index (χ1v) is 6.39. The third kappa shape index (κ3) is 2.92. The van der Waals surface area contributed by atoms with Crippen molar-refractivity contribution >= 4 is 19.9 Å². The average molecular weight is 212 g/mol. The Bertz CT molecular complexity index is 246. The van der Waals surface area contributed by atoms with Gasteiger partial charge in [-0.3, -0.25) is 0 Å². The zero-order chi connectivity index (χ0) is 9.35. The summed E-state index contributed by atoms with van der Waals surface area (Å²) in [4.78, 5) is 0. The maximum absolute atomic E-state index is 11.0. The van der Waals surface area contributed by atoms with Gasteiger partial charge in [-0.15, -0.1) is 0 Å². The summed E-state index contributed by atoms with van der Waals surface area (Å²) in [6, 6.07) is 0.176. The summed E-state index contributed by atoms with van der Waals surface area (Å²) < 4.78 is 23.5. The van der Waals surface area contributed by atoms with Crippen LogP contribution in [-0.4, -0.2) is 25.3 Å². The lowest BCUT2D eigenvalue weighted by Crippen LogP contribution is -2.32. The van der Waals surface area contributed by atoms with Gasteiger partial charge in [-0.1, -0.05) is 13.8 Å². The summed E-state index contributed by atoms with van der Waals surface area (Å²) in [5, 5.41) is 0. The fraction of sp³-hybridized carbons (Fsp3) is 1.00. The van der Waals surface area contributed by atoms with Crippen LogP contribution in [0.1, 0.15) is 26.7 Å². The molecule has 3 nitrogen and oxygen atoms in total. The van der Waals surface area contributed by atoms with Crippen LogP contribution < -0.4 is 0 Å². The molecule has 1 aliphatic carbocycles. The normalized spacial score (nSPS) is 19.1. The quantitative estimate of drug-likeness (QED) is 0.663. The number of halogens is 1. The van der Waals surface area contributed by atoms with Gasteiger partial charge in [0.15, 0.2) is 0 Å². The molecule has 0 spiro atoms. The molecule has 0 heterocycles. The molecule has 0 aromatic heterocycles. The van der Waals surface area contributed by atoms with Crippen LogP contribution in [-0.2, 0) is 9.24 Å². The fourth-order valence-electron chi connectivity index (χ4n) is 1.14. The Morgan fingerprint density at radius 1 is 1.50 bits per heavy atom. The van der Waals surface area contributed by atoms with Crippen molar-refractivity contribution in [2.24, 2.45) is 5.92 Å². The first-order chi connectivity index (χ1) is 5.41. The second-order valence-corrected chi connectivity index (χ2v) is 6.10. The summed E-state index contributed by atoms with van der Waals surface area (Å²) in [6.45, 7) is 4.51. The lowest BCUT2D eigenvalue weighted by atomic mass is 10.2. The zero-order valence-electron chi connectivity index (χ0n) is 7.33. The van der Waals surface area contributed by atoms with Crippen molar-refractivity contribution in [2.45, 2.75) is 32.7 Å². The van der Waals surface area contributed by atoms with Crippen LogP contribution in [0.5, 0.6) is 0 Å². The lowest BCUT2D eigenvalue weighted by Gasteiger charge is -2.19. The summed E-state index contributed by atoms with van der Waals surface area (Å²) in [6.07, 6.45) is 1.91. The molecule has 0 N–H and O–H groups in total. The molecule has 1 saturated carbocycles. The Kier molecular flexibility index (Phi) is 3.01. The average Bonchev–Trinajstić information content (AvgIpc) is 2.60. The molecule has 1 aliphatic rings. The summed E-state index contributed by atoms with van der Waals surface area (Å²) in [5.74, 6) is 0.333. The molecule has 0 unspecified atom stereocenters. The van der Waals surface area contributed by atoms with Gasteiger partial charge in [0.1, 0.15) is 0 Å². The van der Waals surface area contributed by atoms with Gasteiger partial charge in [0.05, 0.1) is 0 Å². The predicted octanol–water partition coefficient (Wildman–Crippen LogP) is 1.59. The van der Waals surface area contributed by atoms with Gasteiger partial charge in [-0.2, -0.15) is 12.7 Å². The van der Waals surface area contributed by atoms with E-state index in [1.165, 1.54) is 4.31 Å². The minimum Gasteiger partial charge on any atom is -0.195 e. The van der Waals surface area contributed by atoms with Crippen molar-refractivity contribution in [2.75, 3.05) is 6.54 Å². The van der Waals surface area contributed by atoms with E-state index in [0.717, 1.165) is 12.8 Å². The van der Waals surface area contributed by atoms with E-state index in [0.29, 0.717) is 12.5 Å². The first-order valence-electron chi connectivity index (χ1n) is 4.12. The molecular formula is C7H14ClNO2S. The summed E-state index contributed by atoms with van der Waals surface area (Å²) in [5.41, 5.74) is 0. The van der Waals surface area contributed by atoms with Crippen LogP contribution in [0.4, 0.5) is 0 Å². The second kappa shape index (κ2) is 3.52. The van der Waals surface area contributed by atoms with Gasteiger partial charge in [0.25, 0.3) is 9.24 Å². The molecule has 0 aromatic rings. The Balaban J connectivity index is 2.61. The maximum atomic E-state index is 11.0. The van der Waals surface area contributed by atoms with Gasteiger partial charge in [-0.25, -0.2) is 0 Å². The highest BCUT2D eigenvalue weighted by Crippen LogP contribution is 2.31. The Morgan fingerprint density at radius 2 is 2.00 bits per heavy atom. The molecule has 0 saturated heterocycles. The fourth-order valence-corrected chi connectivity index (χ4v) is 2.69. The van der Waals surface area contributed by atoms with Gasteiger partial charge in [-0.05, 0) is 18.8 Å². The molecule has 0 atom stereocenters. The van der Waals surface area contributed by atoms with Crippen molar-refractivity contribution in [3.8, 4) is 0 Å². The van der Waals surface area contributed by atoms with Crippen LogP contribution in [0.25, 0.3) is 0 Å². The van der Waals surface area contributed by atoms with E-state index in [2.05, 4.69) is 0 Å². The topological polar surface area (TPSA) is 37.4 Å². The highest BCUT2D eigenvalue weighted by Gasteiger charge is 2.36. The third-order valence-corrected chi connectivity index (χ3v) is 3.32. The van der Waals surface area contributed by atoms with E-state index < -0.39 is 9.24 Å². The number of hydrogen-bond acceptors (Lipinski definition) is 2. The van der Waals surface area contributed by atoms with E-state index in [-0.39, 0.29) is 6.04 Å². The third-order valence-electron chi connectivity index (χ3n) is 1.78. The molecule has 5 heteroatoms. The van der Waals surface area contributed by atoms with Crippen molar-refractivity contribution in [3.05, 3.63) is 0 Å². The lowest BCUT2D eigenvalue weighted by molar-refractivity contribution is 0.367. The second-order valence-electron chi connectivity index (χ2n) is 3.64. The van der Waals surface area contributed by atoms with Crippen molar-refractivity contribution in [1.82, 2.24) is 4.31 Å². The molecular weight excluding hydrogens is 198 g/mol. The Hall–Kier alpha value is 0.200. The van der Waals surface area contributed by atoms with Crippen molar-refractivity contribution < 1.29 is 8.42 Å². The maximum Gasteiger partial charge on any atom is 0.300 e. The molecule has 1 rings (SSSR count). The SMILES string of the molecule is CC(C)CN(C1CC1)S(=O)(=O)Cl. The minimum atomic E-state index is -3.49. The van der Waals surface area contributed by atoms with E-state index >= 15 is 0 Å². The van der Waals surface area contributed by atoms with Crippen LogP contribution in [0.15, 0.2) is 0 Å². The molecule has 1 fully saturated rings. The number of nitrogens with zero attached hydrogens (tertiary/aromatic N) is 1. The summed E-state index contributed by atoms with van der Waals surface area (Å²) in [7, 11) is 1.79. The highest BCUT2D eigenvalue weighted by atomic mass is 35.7. The molecule has 12 heavy (non-hydrogen) atoms. The Labute approximate surface area is 78.3 Å². The molecule has 0 amide bonds. The highest BCUT2D eigenvalue weighted by molar-refractivity contribution is 8.11.